The maximum absolute atomic E-state index is 12.3. The van der Waals surface area contributed by atoms with E-state index in [9.17, 15) is 9.59 Å². The van der Waals surface area contributed by atoms with E-state index in [1.807, 2.05) is 37.3 Å². The Balaban J connectivity index is 1.93. The van der Waals surface area contributed by atoms with Gasteiger partial charge in [-0.3, -0.25) is 14.5 Å². The fourth-order valence-corrected chi connectivity index (χ4v) is 2.76. The number of carbonyl (C=O) groups is 2. The van der Waals surface area contributed by atoms with Crippen LogP contribution in [0.5, 0.6) is 0 Å². The van der Waals surface area contributed by atoms with Crippen molar-refractivity contribution >= 4 is 17.6 Å². The number of anilines is 1. The molecule has 0 bridgehead atoms. The Morgan fingerprint density at radius 1 is 1.33 bits per heavy atom. The van der Waals surface area contributed by atoms with E-state index in [0.717, 1.165) is 5.69 Å². The number of benzene rings is 1. The zero-order valence-corrected chi connectivity index (χ0v) is 12.5. The molecule has 1 aromatic carbocycles. The van der Waals surface area contributed by atoms with Gasteiger partial charge in [0.25, 0.3) is 0 Å². The molecule has 1 aliphatic rings. The van der Waals surface area contributed by atoms with E-state index in [0.29, 0.717) is 25.9 Å². The Labute approximate surface area is 125 Å². The molecule has 1 amide bonds. The summed E-state index contributed by atoms with van der Waals surface area (Å²) in [5.74, 6) is -0.978. The summed E-state index contributed by atoms with van der Waals surface area (Å²) in [5.41, 5.74) is 0.871. The van der Waals surface area contributed by atoms with Gasteiger partial charge in [0.2, 0.25) is 5.91 Å². The summed E-state index contributed by atoms with van der Waals surface area (Å²) >= 11 is 0. The van der Waals surface area contributed by atoms with Crippen molar-refractivity contribution in [3.8, 4) is 0 Å². The number of likely N-dealkylation sites (tertiary alicyclic amines) is 1. The van der Waals surface area contributed by atoms with Gasteiger partial charge in [0.1, 0.15) is 0 Å². The SMILES string of the molecule is CC1CC(C(=O)O)CCN1CC(=O)N(C)c1ccccc1. The largest absolute Gasteiger partial charge is 0.481 e. The highest BCUT2D eigenvalue weighted by molar-refractivity contribution is 5.94. The van der Waals surface area contributed by atoms with Crippen molar-refractivity contribution in [2.75, 3.05) is 25.0 Å². The van der Waals surface area contributed by atoms with Crippen molar-refractivity contribution in [3.63, 3.8) is 0 Å². The summed E-state index contributed by atoms with van der Waals surface area (Å²) in [5, 5.41) is 9.07. The fourth-order valence-electron chi connectivity index (χ4n) is 2.76. The van der Waals surface area contributed by atoms with Crippen LogP contribution in [0.4, 0.5) is 5.69 Å². The maximum Gasteiger partial charge on any atom is 0.306 e. The molecular weight excluding hydrogens is 268 g/mol. The lowest BCUT2D eigenvalue weighted by molar-refractivity contribution is -0.144. The Hall–Kier alpha value is -1.88. The van der Waals surface area contributed by atoms with Crippen LogP contribution < -0.4 is 4.90 Å². The molecule has 2 rings (SSSR count). The third-order valence-corrected chi connectivity index (χ3v) is 4.22. The number of para-hydroxylation sites is 1. The summed E-state index contributed by atoms with van der Waals surface area (Å²) in [6.07, 6.45) is 1.22. The number of hydrogen-bond acceptors (Lipinski definition) is 3. The topological polar surface area (TPSA) is 60.9 Å². The van der Waals surface area contributed by atoms with E-state index in [4.69, 9.17) is 5.11 Å². The molecule has 1 saturated heterocycles. The Kier molecular flexibility index (Phi) is 4.96. The van der Waals surface area contributed by atoms with Gasteiger partial charge in [0, 0.05) is 18.8 Å². The minimum absolute atomic E-state index is 0.0295. The number of likely N-dealkylation sites (N-methyl/N-ethyl adjacent to an activating group) is 1. The number of aliphatic carboxylic acids is 1. The number of amides is 1. The molecule has 0 saturated carbocycles. The number of carboxylic acid groups (broad SMARTS) is 1. The van der Waals surface area contributed by atoms with Gasteiger partial charge in [-0.05, 0) is 38.4 Å². The van der Waals surface area contributed by atoms with E-state index in [-0.39, 0.29) is 17.9 Å². The van der Waals surface area contributed by atoms with Crippen molar-refractivity contribution < 1.29 is 14.7 Å². The van der Waals surface area contributed by atoms with Gasteiger partial charge in [-0.1, -0.05) is 18.2 Å². The quantitative estimate of drug-likeness (QED) is 0.919. The van der Waals surface area contributed by atoms with Gasteiger partial charge in [-0.2, -0.15) is 0 Å². The van der Waals surface area contributed by atoms with Crippen LogP contribution in [-0.4, -0.2) is 48.1 Å². The van der Waals surface area contributed by atoms with Gasteiger partial charge >= 0.3 is 5.97 Å². The van der Waals surface area contributed by atoms with Crippen molar-refractivity contribution in [3.05, 3.63) is 30.3 Å². The van der Waals surface area contributed by atoms with Gasteiger partial charge in [-0.15, -0.1) is 0 Å². The lowest BCUT2D eigenvalue weighted by Gasteiger charge is -2.36. The molecular formula is C16H22N2O3. The average molecular weight is 290 g/mol. The first-order chi connectivity index (χ1) is 9.99. The predicted octanol–water partition coefficient (Wildman–Crippen LogP) is 1.83. The average Bonchev–Trinajstić information content (AvgIpc) is 2.49. The van der Waals surface area contributed by atoms with Crippen LogP contribution in [0.3, 0.4) is 0 Å². The predicted molar refractivity (Wildman–Crippen MR) is 81.2 cm³/mol. The lowest BCUT2D eigenvalue weighted by atomic mass is 9.92. The first-order valence-electron chi connectivity index (χ1n) is 7.27. The van der Waals surface area contributed by atoms with Crippen LogP contribution in [0.1, 0.15) is 19.8 Å². The third-order valence-electron chi connectivity index (χ3n) is 4.22. The van der Waals surface area contributed by atoms with Crippen molar-refractivity contribution in [2.45, 2.75) is 25.8 Å². The molecule has 21 heavy (non-hydrogen) atoms. The normalized spacial score (nSPS) is 22.8. The molecule has 114 valence electrons. The van der Waals surface area contributed by atoms with E-state index in [1.54, 1.807) is 11.9 Å². The number of carboxylic acids is 1. The molecule has 2 atom stereocenters. The van der Waals surface area contributed by atoms with Crippen LogP contribution in [0.25, 0.3) is 0 Å². The Morgan fingerprint density at radius 3 is 2.57 bits per heavy atom. The smallest absolute Gasteiger partial charge is 0.306 e. The summed E-state index contributed by atoms with van der Waals surface area (Å²) in [7, 11) is 1.77. The zero-order valence-electron chi connectivity index (χ0n) is 12.5. The van der Waals surface area contributed by atoms with Gasteiger partial charge in [0.05, 0.1) is 12.5 Å². The summed E-state index contributed by atoms with van der Waals surface area (Å²) in [6, 6.07) is 9.64. The number of carbonyl (C=O) groups excluding carboxylic acids is 1. The second kappa shape index (κ2) is 6.72. The second-order valence-corrected chi connectivity index (χ2v) is 5.67. The first-order valence-corrected chi connectivity index (χ1v) is 7.27. The van der Waals surface area contributed by atoms with Crippen LogP contribution in [0.2, 0.25) is 0 Å². The molecule has 0 spiro atoms. The zero-order chi connectivity index (χ0) is 15.4. The molecule has 2 unspecified atom stereocenters. The van der Waals surface area contributed by atoms with E-state index in [1.165, 1.54) is 0 Å². The van der Waals surface area contributed by atoms with Gasteiger partial charge in [0.15, 0.2) is 0 Å². The van der Waals surface area contributed by atoms with Crippen LogP contribution in [-0.2, 0) is 9.59 Å². The van der Waals surface area contributed by atoms with Crippen LogP contribution in [0.15, 0.2) is 30.3 Å². The van der Waals surface area contributed by atoms with Gasteiger partial charge in [-0.25, -0.2) is 0 Å². The highest BCUT2D eigenvalue weighted by atomic mass is 16.4. The third kappa shape index (κ3) is 3.82. The molecule has 1 fully saturated rings. The van der Waals surface area contributed by atoms with Crippen molar-refractivity contribution in [1.29, 1.82) is 0 Å². The maximum atomic E-state index is 12.3. The molecule has 0 aliphatic carbocycles. The van der Waals surface area contributed by atoms with Crippen LogP contribution in [0, 0.1) is 5.92 Å². The molecule has 1 aliphatic heterocycles. The van der Waals surface area contributed by atoms with Crippen LogP contribution >= 0.6 is 0 Å². The number of piperidine rings is 1. The number of hydrogen-bond donors (Lipinski definition) is 1. The summed E-state index contributed by atoms with van der Waals surface area (Å²) in [6.45, 7) is 2.98. The first kappa shape index (κ1) is 15.5. The Bertz CT molecular complexity index is 504. The van der Waals surface area contributed by atoms with Gasteiger partial charge < -0.3 is 10.0 Å². The van der Waals surface area contributed by atoms with E-state index >= 15 is 0 Å². The number of rotatable bonds is 4. The highest BCUT2D eigenvalue weighted by Gasteiger charge is 2.31. The minimum atomic E-state index is -0.728. The number of nitrogens with zero attached hydrogens (tertiary/aromatic N) is 2. The fraction of sp³-hybridized carbons (Fsp3) is 0.500. The standard InChI is InChI=1S/C16H22N2O3/c1-12-10-13(16(20)21)8-9-18(12)11-15(19)17(2)14-6-4-3-5-7-14/h3-7,12-13H,8-11H2,1-2H3,(H,20,21). The monoisotopic (exact) mass is 290 g/mol. The molecule has 5 nitrogen and oxygen atoms in total. The molecule has 1 heterocycles. The van der Waals surface area contributed by atoms with Crippen molar-refractivity contribution in [2.24, 2.45) is 5.92 Å². The lowest BCUT2D eigenvalue weighted by Crippen LogP contribution is -2.47. The molecule has 1 aromatic rings. The molecule has 0 radical (unpaired) electrons. The van der Waals surface area contributed by atoms with E-state index in [2.05, 4.69) is 4.90 Å². The summed E-state index contributed by atoms with van der Waals surface area (Å²) in [4.78, 5) is 27.1. The molecule has 0 aromatic heterocycles. The molecule has 5 heteroatoms. The highest BCUT2D eigenvalue weighted by Crippen LogP contribution is 2.23. The molecule has 1 N–H and O–H groups in total. The van der Waals surface area contributed by atoms with E-state index < -0.39 is 5.97 Å². The summed E-state index contributed by atoms with van der Waals surface area (Å²) < 4.78 is 0. The Morgan fingerprint density at radius 2 is 2.00 bits per heavy atom. The second-order valence-electron chi connectivity index (χ2n) is 5.67. The minimum Gasteiger partial charge on any atom is -0.481 e. The van der Waals surface area contributed by atoms with Crippen molar-refractivity contribution in [1.82, 2.24) is 4.90 Å².